The van der Waals surface area contributed by atoms with Crippen LogP contribution in [0.1, 0.15) is 6.92 Å². The Labute approximate surface area is 146 Å². The molecule has 6 heteroatoms. The Morgan fingerprint density at radius 1 is 1.04 bits per heavy atom. The molecule has 0 radical (unpaired) electrons. The number of nitrogens with zero attached hydrogens (tertiary/aromatic N) is 2. The molecule has 0 saturated carbocycles. The monoisotopic (exact) mass is 345 g/mol. The third kappa shape index (κ3) is 4.14. The van der Waals surface area contributed by atoms with Gasteiger partial charge in [0.15, 0.2) is 0 Å². The zero-order chi connectivity index (χ0) is 17.8. The molecule has 1 fully saturated rings. The molecule has 1 saturated heterocycles. The topological polar surface area (TPSA) is 35.6 Å². The first-order chi connectivity index (χ1) is 12.0. The van der Waals surface area contributed by atoms with E-state index in [0.29, 0.717) is 0 Å². The highest BCUT2D eigenvalue weighted by Crippen LogP contribution is 2.19. The predicted octanol–water partition coefficient (Wildman–Crippen LogP) is 3.11. The first-order valence-corrected chi connectivity index (χ1v) is 8.34. The van der Waals surface area contributed by atoms with Crippen LogP contribution in [0.25, 0.3) is 0 Å². The summed E-state index contributed by atoms with van der Waals surface area (Å²) in [5, 5.41) is 2.48. The molecule has 1 aliphatic rings. The molecule has 25 heavy (non-hydrogen) atoms. The van der Waals surface area contributed by atoms with Crippen molar-refractivity contribution in [3.63, 3.8) is 0 Å². The number of piperazine rings is 1. The number of halogens is 2. The van der Waals surface area contributed by atoms with Gasteiger partial charge in [-0.1, -0.05) is 18.2 Å². The number of rotatable bonds is 4. The average Bonchev–Trinajstić information content (AvgIpc) is 2.65. The number of anilines is 2. The van der Waals surface area contributed by atoms with Gasteiger partial charge in [0.25, 0.3) is 0 Å². The lowest BCUT2D eigenvalue weighted by Crippen LogP contribution is -2.52. The van der Waals surface area contributed by atoms with Crippen LogP contribution in [0.2, 0.25) is 0 Å². The zero-order valence-electron chi connectivity index (χ0n) is 14.1. The van der Waals surface area contributed by atoms with Crippen molar-refractivity contribution >= 4 is 17.3 Å². The molecular formula is C19H21F2N3O. The van der Waals surface area contributed by atoms with E-state index < -0.39 is 17.7 Å². The molecule has 0 aliphatic carbocycles. The molecule has 1 heterocycles. The van der Waals surface area contributed by atoms with Gasteiger partial charge in [0.1, 0.15) is 11.6 Å². The predicted molar refractivity (Wildman–Crippen MR) is 94.7 cm³/mol. The summed E-state index contributed by atoms with van der Waals surface area (Å²) in [5.74, 6) is -1.56. The van der Waals surface area contributed by atoms with Gasteiger partial charge in [-0.3, -0.25) is 9.69 Å². The highest BCUT2D eigenvalue weighted by molar-refractivity contribution is 5.94. The lowest BCUT2D eigenvalue weighted by atomic mass is 10.2. The van der Waals surface area contributed by atoms with E-state index in [1.807, 2.05) is 23.1 Å². The van der Waals surface area contributed by atoms with Crippen LogP contribution in [0.15, 0.2) is 48.5 Å². The van der Waals surface area contributed by atoms with E-state index >= 15 is 0 Å². The molecule has 0 bridgehead atoms. The Bertz CT molecular complexity index is 731. The summed E-state index contributed by atoms with van der Waals surface area (Å²) >= 11 is 0. The van der Waals surface area contributed by atoms with Gasteiger partial charge in [-0.25, -0.2) is 8.78 Å². The van der Waals surface area contributed by atoms with E-state index in [4.69, 9.17) is 0 Å². The van der Waals surface area contributed by atoms with Gasteiger partial charge in [-0.2, -0.15) is 0 Å². The normalized spacial score (nSPS) is 16.5. The minimum Gasteiger partial charge on any atom is -0.369 e. The van der Waals surface area contributed by atoms with Crippen LogP contribution in [0.4, 0.5) is 20.2 Å². The van der Waals surface area contributed by atoms with Crippen molar-refractivity contribution in [2.45, 2.75) is 13.0 Å². The summed E-state index contributed by atoms with van der Waals surface area (Å²) < 4.78 is 26.9. The van der Waals surface area contributed by atoms with E-state index in [-0.39, 0.29) is 11.6 Å². The Morgan fingerprint density at radius 2 is 1.72 bits per heavy atom. The smallest absolute Gasteiger partial charge is 0.241 e. The average molecular weight is 345 g/mol. The molecule has 2 aromatic carbocycles. The fraction of sp³-hybridized carbons (Fsp3) is 0.316. The summed E-state index contributed by atoms with van der Waals surface area (Å²) in [4.78, 5) is 16.7. The molecule has 3 rings (SSSR count). The molecule has 1 N–H and O–H groups in total. The summed E-state index contributed by atoms with van der Waals surface area (Å²) in [7, 11) is 0. The molecule has 1 amide bonds. The highest BCUT2D eigenvalue weighted by Gasteiger charge is 2.26. The molecule has 4 nitrogen and oxygen atoms in total. The first-order valence-electron chi connectivity index (χ1n) is 8.34. The summed E-state index contributed by atoms with van der Waals surface area (Å²) in [6.07, 6.45) is 0. The van der Waals surface area contributed by atoms with E-state index in [9.17, 15) is 13.6 Å². The van der Waals surface area contributed by atoms with Crippen LogP contribution in [0.3, 0.4) is 0 Å². The Kier molecular flexibility index (Phi) is 5.28. The number of hydrogen-bond donors (Lipinski definition) is 1. The SMILES string of the molecule is CC(C(=O)Nc1cc(F)ccc1F)N1CCN(c2ccccc2)CC1. The van der Waals surface area contributed by atoms with Crippen LogP contribution in [0.5, 0.6) is 0 Å². The second-order valence-corrected chi connectivity index (χ2v) is 6.15. The van der Waals surface area contributed by atoms with Crippen molar-refractivity contribution in [2.75, 3.05) is 36.4 Å². The van der Waals surface area contributed by atoms with Crippen molar-refractivity contribution in [1.29, 1.82) is 0 Å². The quantitative estimate of drug-likeness (QED) is 0.925. The van der Waals surface area contributed by atoms with Crippen molar-refractivity contribution in [1.82, 2.24) is 4.90 Å². The van der Waals surface area contributed by atoms with Crippen molar-refractivity contribution in [3.05, 3.63) is 60.2 Å². The van der Waals surface area contributed by atoms with Crippen molar-refractivity contribution in [3.8, 4) is 0 Å². The number of nitrogens with one attached hydrogen (secondary N) is 1. The highest BCUT2D eigenvalue weighted by atomic mass is 19.1. The summed E-state index contributed by atoms with van der Waals surface area (Å²) in [5.41, 5.74) is 1.04. The number of carbonyl (C=O) groups is 1. The molecule has 1 atom stereocenters. The van der Waals surface area contributed by atoms with Crippen LogP contribution < -0.4 is 10.2 Å². The standard InChI is InChI=1S/C19H21F2N3O/c1-14(19(25)22-18-13-15(20)7-8-17(18)21)23-9-11-24(12-10-23)16-5-3-2-4-6-16/h2-8,13-14H,9-12H2,1H3,(H,22,25). The number of para-hydroxylation sites is 1. The maximum absolute atomic E-state index is 13.7. The Hall–Kier alpha value is -2.47. The third-order valence-corrected chi connectivity index (χ3v) is 4.55. The maximum atomic E-state index is 13.7. The van der Waals surface area contributed by atoms with Gasteiger partial charge in [-0.05, 0) is 31.2 Å². The van der Waals surface area contributed by atoms with Gasteiger partial charge in [-0.15, -0.1) is 0 Å². The Morgan fingerprint density at radius 3 is 2.40 bits per heavy atom. The number of amides is 1. The van der Waals surface area contributed by atoms with Gasteiger partial charge >= 0.3 is 0 Å². The molecule has 132 valence electrons. The second-order valence-electron chi connectivity index (χ2n) is 6.15. The van der Waals surface area contributed by atoms with Crippen molar-refractivity contribution in [2.24, 2.45) is 0 Å². The van der Waals surface area contributed by atoms with Crippen LogP contribution in [-0.4, -0.2) is 43.0 Å². The molecule has 0 spiro atoms. The number of benzene rings is 2. The van der Waals surface area contributed by atoms with Crippen LogP contribution >= 0.6 is 0 Å². The van der Waals surface area contributed by atoms with E-state index in [2.05, 4.69) is 22.3 Å². The zero-order valence-corrected chi connectivity index (χ0v) is 14.1. The van der Waals surface area contributed by atoms with Gasteiger partial charge < -0.3 is 10.2 Å². The molecule has 1 aliphatic heterocycles. The largest absolute Gasteiger partial charge is 0.369 e. The minimum atomic E-state index is -0.643. The fourth-order valence-electron chi connectivity index (χ4n) is 3.00. The molecular weight excluding hydrogens is 324 g/mol. The molecule has 0 aromatic heterocycles. The van der Waals surface area contributed by atoms with Crippen LogP contribution in [-0.2, 0) is 4.79 Å². The third-order valence-electron chi connectivity index (χ3n) is 4.55. The lowest BCUT2D eigenvalue weighted by Gasteiger charge is -2.38. The molecule has 1 unspecified atom stereocenters. The van der Waals surface area contributed by atoms with E-state index in [1.165, 1.54) is 5.69 Å². The maximum Gasteiger partial charge on any atom is 0.241 e. The number of carbonyl (C=O) groups excluding carboxylic acids is 1. The summed E-state index contributed by atoms with van der Waals surface area (Å²) in [6, 6.07) is 12.7. The van der Waals surface area contributed by atoms with Gasteiger partial charge in [0.05, 0.1) is 11.7 Å². The first kappa shape index (κ1) is 17.4. The van der Waals surface area contributed by atoms with E-state index in [1.54, 1.807) is 6.92 Å². The molecule has 2 aromatic rings. The minimum absolute atomic E-state index is 0.125. The fourth-order valence-corrected chi connectivity index (χ4v) is 3.00. The Balaban J connectivity index is 1.57. The lowest BCUT2D eigenvalue weighted by molar-refractivity contribution is -0.120. The van der Waals surface area contributed by atoms with Gasteiger partial charge in [0, 0.05) is 37.9 Å². The van der Waals surface area contributed by atoms with Crippen molar-refractivity contribution < 1.29 is 13.6 Å². The summed E-state index contributed by atoms with van der Waals surface area (Å²) in [6.45, 7) is 4.88. The second kappa shape index (κ2) is 7.61. The van der Waals surface area contributed by atoms with Crippen LogP contribution in [0, 0.1) is 11.6 Å². The number of hydrogen-bond acceptors (Lipinski definition) is 3. The van der Waals surface area contributed by atoms with E-state index in [0.717, 1.165) is 44.4 Å². The van der Waals surface area contributed by atoms with Gasteiger partial charge in [0.2, 0.25) is 5.91 Å².